The quantitative estimate of drug-likeness (QED) is 0.724. The maximum Gasteiger partial charge on any atom is 0.316 e. The highest BCUT2D eigenvalue weighted by atomic mass is 16.2. The van der Waals surface area contributed by atoms with E-state index in [1.807, 2.05) is 36.4 Å². The van der Waals surface area contributed by atoms with Crippen LogP contribution in [0.5, 0.6) is 0 Å². The third-order valence-electron chi connectivity index (χ3n) is 2.39. The number of aromatic nitrogens is 1. The van der Waals surface area contributed by atoms with Crippen LogP contribution in [0.3, 0.4) is 0 Å². The summed E-state index contributed by atoms with van der Waals surface area (Å²) in [5.74, 6) is -0.368. The Hall–Kier alpha value is -2.36. The van der Waals surface area contributed by atoms with Crippen LogP contribution in [0, 0.1) is 0 Å². The molecule has 4 heteroatoms. The number of pyridine rings is 1. The van der Waals surface area contributed by atoms with Crippen molar-refractivity contribution in [1.82, 2.24) is 4.98 Å². The molecule has 1 aromatic heterocycles. The van der Waals surface area contributed by atoms with Gasteiger partial charge in [-0.15, -0.1) is 10.2 Å². The molecule has 2 heterocycles. The lowest BCUT2D eigenvalue weighted by atomic mass is 10.1. The lowest BCUT2D eigenvalue weighted by Crippen LogP contribution is -1.95. The molecule has 0 aliphatic carbocycles. The van der Waals surface area contributed by atoms with Gasteiger partial charge in [0.05, 0.1) is 5.69 Å². The highest BCUT2D eigenvalue weighted by Gasteiger charge is 2.19. The summed E-state index contributed by atoms with van der Waals surface area (Å²) in [7, 11) is 0. The van der Waals surface area contributed by atoms with Crippen molar-refractivity contribution in [3.63, 3.8) is 0 Å². The van der Waals surface area contributed by atoms with Crippen LogP contribution < -0.4 is 0 Å². The molecule has 1 aromatic carbocycles. The molecule has 76 valence electrons. The summed E-state index contributed by atoms with van der Waals surface area (Å²) in [4.78, 5) is 15.6. The summed E-state index contributed by atoms with van der Waals surface area (Å²) in [6.07, 6.45) is 0. The highest BCUT2D eigenvalue weighted by Crippen LogP contribution is 2.28. The van der Waals surface area contributed by atoms with Crippen molar-refractivity contribution in [1.29, 1.82) is 0 Å². The Balaban J connectivity index is 2.13. The first-order valence-corrected chi connectivity index (χ1v) is 4.87. The number of rotatable bonds is 1. The Labute approximate surface area is 91.7 Å². The number of benzene rings is 1. The van der Waals surface area contributed by atoms with E-state index in [4.69, 9.17) is 0 Å². The van der Waals surface area contributed by atoms with Crippen LogP contribution in [0.1, 0.15) is 10.5 Å². The number of carbonyl (C=O) groups is 1. The van der Waals surface area contributed by atoms with E-state index < -0.39 is 0 Å². The Morgan fingerprint density at radius 1 is 0.875 bits per heavy atom. The minimum absolute atomic E-state index is 0.335. The molecule has 16 heavy (non-hydrogen) atoms. The SMILES string of the molecule is O=C1N=Nc2ccc(-c3ccccc3)nc21. The standard InChI is InChI=1S/C12H7N3O/c16-12-11-10(14-15-12)7-6-9(13-11)8-4-2-1-3-5-8/h1-7H. The topological polar surface area (TPSA) is 54.7 Å². The monoisotopic (exact) mass is 209 g/mol. The molecule has 1 aliphatic rings. The third kappa shape index (κ3) is 1.32. The molecule has 0 atom stereocenters. The summed E-state index contributed by atoms with van der Waals surface area (Å²) in [6.45, 7) is 0. The average Bonchev–Trinajstić information content (AvgIpc) is 2.72. The van der Waals surface area contributed by atoms with Gasteiger partial charge in [-0.05, 0) is 12.1 Å². The molecule has 1 amide bonds. The van der Waals surface area contributed by atoms with Crippen molar-refractivity contribution in [2.75, 3.05) is 0 Å². The minimum Gasteiger partial charge on any atom is -0.263 e. The first kappa shape index (κ1) is 8.91. The summed E-state index contributed by atoms with van der Waals surface area (Å²) in [5.41, 5.74) is 2.62. The predicted octanol–water partition coefficient (Wildman–Crippen LogP) is 2.99. The van der Waals surface area contributed by atoms with Crippen molar-refractivity contribution >= 4 is 11.6 Å². The van der Waals surface area contributed by atoms with Crippen LogP contribution in [-0.2, 0) is 0 Å². The lowest BCUT2D eigenvalue weighted by molar-refractivity contribution is 0.0998. The lowest BCUT2D eigenvalue weighted by Gasteiger charge is -2.01. The van der Waals surface area contributed by atoms with Gasteiger partial charge in [0, 0.05) is 5.56 Å². The van der Waals surface area contributed by atoms with Gasteiger partial charge in [-0.3, -0.25) is 4.79 Å². The molecule has 0 saturated heterocycles. The normalized spacial score (nSPS) is 12.9. The van der Waals surface area contributed by atoms with Crippen LogP contribution in [-0.4, -0.2) is 10.9 Å². The van der Waals surface area contributed by atoms with Gasteiger partial charge in [0.1, 0.15) is 5.69 Å². The van der Waals surface area contributed by atoms with Gasteiger partial charge in [0.25, 0.3) is 0 Å². The van der Waals surface area contributed by atoms with Gasteiger partial charge in [0.2, 0.25) is 0 Å². The fraction of sp³-hybridized carbons (Fsp3) is 0. The summed E-state index contributed by atoms with van der Waals surface area (Å²) in [5, 5.41) is 7.19. The number of fused-ring (bicyclic) bond motifs is 1. The fourth-order valence-corrected chi connectivity index (χ4v) is 1.61. The summed E-state index contributed by atoms with van der Waals surface area (Å²) < 4.78 is 0. The molecule has 0 N–H and O–H groups in total. The second-order valence-corrected chi connectivity index (χ2v) is 3.44. The second kappa shape index (κ2) is 3.34. The third-order valence-corrected chi connectivity index (χ3v) is 2.39. The van der Waals surface area contributed by atoms with Gasteiger partial charge >= 0.3 is 5.91 Å². The first-order chi connectivity index (χ1) is 7.84. The second-order valence-electron chi connectivity index (χ2n) is 3.44. The molecule has 0 fully saturated rings. The number of hydrogen-bond donors (Lipinski definition) is 0. The molecule has 2 aromatic rings. The van der Waals surface area contributed by atoms with Crippen LogP contribution in [0.25, 0.3) is 11.3 Å². The van der Waals surface area contributed by atoms with Crippen LogP contribution in [0.15, 0.2) is 52.7 Å². The Kier molecular flexibility index (Phi) is 1.86. The zero-order valence-electron chi connectivity index (χ0n) is 8.29. The van der Waals surface area contributed by atoms with Crippen LogP contribution >= 0.6 is 0 Å². The molecule has 0 bridgehead atoms. The van der Waals surface area contributed by atoms with Crippen molar-refractivity contribution < 1.29 is 4.79 Å². The van der Waals surface area contributed by atoms with Gasteiger partial charge in [-0.25, -0.2) is 4.98 Å². The van der Waals surface area contributed by atoms with Crippen molar-refractivity contribution in [2.45, 2.75) is 0 Å². The zero-order valence-corrected chi connectivity index (χ0v) is 8.29. The molecule has 1 aliphatic heterocycles. The maximum absolute atomic E-state index is 11.3. The minimum atomic E-state index is -0.368. The Morgan fingerprint density at radius 3 is 2.50 bits per heavy atom. The fourth-order valence-electron chi connectivity index (χ4n) is 1.61. The largest absolute Gasteiger partial charge is 0.316 e. The molecule has 4 nitrogen and oxygen atoms in total. The van der Waals surface area contributed by atoms with Crippen molar-refractivity contribution in [3.8, 4) is 11.3 Å². The number of amides is 1. The van der Waals surface area contributed by atoms with Gasteiger partial charge in [-0.1, -0.05) is 30.3 Å². The van der Waals surface area contributed by atoms with Gasteiger partial charge in [0.15, 0.2) is 5.69 Å². The van der Waals surface area contributed by atoms with Crippen molar-refractivity contribution in [3.05, 3.63) is 48.2 Å². The summed E-state index contributed by atoms with van der Waals surface area (Å²) >= 11 is 0. The molecule has 0 radical (unpaired) electrons. The zero-order chi connectivity index (χ0) is 11.0. The summed E-state index contributed by atoms with van der Waals surface area (Å²) in [6, 6.07) is 13.3. The molecule has 3 rings (SSSR count). The number of carbonyl (C=O) groups excluding carboxylic acids is 1. The predicted molar refractivity (Wildman–Crippen MR) is 58.5 cm³/mol. The molecule has 0 unspecified atom stereocenters. The number of azo groups is 1. The van der Waals surface area contributed by atoms with Gasteiger partial charge < -0.3 is 0 Å². The van der Waals surface area contributed by atoms with E-state index in [1.165, 1.54) is 0 Å². The van der Waals surface area contributed by atoms with Crippen LogP contribution in [0.4, 0.5) is 5.69 Å². The molecular weight excluding hydrogens is 202 g/mol. The van der Waals surface area contributed by atoms with E-state index in [9.17, 15) is 4.79 Å². The molecular formula is C12H7N3O. The smallest absolute Gasteiger partial charge is 0.263 e. The van der Waals surface area contributed by atoms with E-state index in [0.717, 1.165) is 11.3 Å². The van der Waals surface area contributed by atoms with E-state index in [0.29, 0.717) is 11.4 Å². The number of nitrogens with zero attached hydrogens (tertiary/aromatic N) is 3. The number of hydrogen-bond acceptors (Lipinski definition) is 3. The van der Waals surface area contributed by atoms with E-state index in [-0.39, 0.29) is 5.91 Å². The maximum atomic E-state index is 11.3. The Morgan fingerprint density at radius 2 is 1.69 bits per heavy atom. The molecule has 0 saturated carbocycles. The van der Waals surface area contributed by atoms with E-state index in [1.54, 1.807) is 6.07 Å². The average molecular weight is 209 g/mol. The van der Waals surface area contributed by atoms with Crippen molar-refractivity contribution in [2.24, 2.45) is 10.2 Å². The van der Waals surface area contributed by atoms with Crippen LogP contribution in [0.2, 0.25) is 0 Å². The van der Waals surface area contributed by atoms with E-state index in [2.05, 4.69) is 15.2 Å². The molecule has 0 spiro atoms. The first-order valence-electron chi connectivity index (χ1n) is 4.87. The van der Waals surface area contributed by atoms with Gasteiger partial charge in [-0.2, -0.15) is 0 Å². The Bertz CT molecular complexity index is 590. The van der Waals surface area contributed by atoms with E-state index >= 15 is 0 Å². The highest BCUT2D eigenvalue weighted by molar-refractivity contribution is 6.00.